The summed E-state index contributed by atoms with van der Waals surface area (Å²) in [5.74, 6) is -0.00844. The molecule has 27 heavy (non-hydrogen) atoms. The summed E-state index contributed by atoms with van der Waals surface area (Å²) >= 11 is 1.44. The Balaban J connectivity index is 1.99. The first-order valence-electron chi connectivity index (χ1n) is 7.92. The minimum absolute atomic E-state index is 0.173. The number of hydrogen-bond acceptors (Lipinski definition) is 8. The number of nitro benzene ring substituents is 1. The van der Waals surface area contributed by atoms with Crippen molar-refractivity contribution in [3.05, 3.63) is 39.6 Å². The molecule has 1 atom stereocenters. The molecule has 0 unspecified atom stereocenters. The van der Waals surface area contributed by atoms with E-state index in [1.807, 2.05) is 0 Å². The van der Waals surface area contributed by atoms with E-state index in [1.165, 1.54) is 24.9 Å². The number of thioether (sulfide) groups is 1. The van der Waals surface area contributed by atoms with Crippen LogP contribution in [0, 0.1) is 10.1 Å². The number of nitrogens with one attached hydrogen (secondary N) is 1. The van der Waals surface area contributed by atoms with Crippen LogP contribution in [-0.4, -0.2) is 54.5 Å². The number of carbonyl (C=O) groups is 1. The topological polar surface area (TPSA) is 132 Å². The number of sulfone groups is 1. The predicted molar refractivity (Wildman–Crippen MR) is 103 cm³/mol. The summed E-state index contributed by atoms with van der Waals surface area (Å²) in [6.07, 6.45) is 1.25. The summed E-state index contributed by atoms with van der Waals surface area (Å²) in [6.45, 7) is 0. The number of hydrogen-bond donors (Lipinski definition) is 1. The van der Waals surface area contributed by atoms with Crippen molar-refractivity contribution in [3.8, 4) is 0 Å². The maximum atomic E-state index is 11.5. The summed E-state index contributed by atoms with van der Waals surface area (Å²) in [7, 11) is -2.00. The van der Waals surface area contributed by atoms with Crippen LogP contribution in [0.25, 0.3) is 10.9 Å². The van der Waals surface area contributed by atoms with E-state index in [0.29, 0.717) is 33.0 Å². The zero-order chi connectivity index (χ0) is 19.8. The highest BCUT2D eigenvalue weighted by atomic mass is 32.2. The maximum Gasteiger partial charge on any atom is 0.307 e. The molecule has 0 aliphatic carbocycles. The molecular formula is C16H17N3O6S2. The number of non-ortho nitro benzene ring substituents is 1. The summed E-state index contributed by atoms with van der Waals surface area (Å²) in [5, 5.41) is 12.6. The van der Waals surface area contributed by atoms with Crippen LogP contribution in [0.4, 0.5) is 5.69 Å². The first kappa shape index (κ1) is 19.4. The van der Waals surface area contributed by atoms with Gasteiger partial charge in [-0.15, -0.1) is 11.8 Å². The molecular weight excluding hydrogens is 394 g/mol. The van der Waals surface area contributed by atoms with E-state index < -0.39 is 14.8 Å². The van der Waals surface area contributed by atoms with Crippen molar-refractivity contribution in [2.45, 2.75) is 18.2 Å². The lowest BCUT2D eigenvalue weighted by atomic mass is 10.1. The number of nitro groups is 1. The Morgan fingerprint density at radius 2 is 2.19 bits per heavy atom. The van der Waals surface area contributed by atoms with Gasteiger partial charge in [-0.2, -0.15) is 0 Å². The normalized spacial score (nSPS) is 17.1. The number of carbonyl (C=O) groups excluding carboxylic acids is 1. The molecule has 1 aliphatic heterocycles. The van der Waals surface area contributed by atoms with Gasteiger partial charge in [0.25, 0.3) is 5.69 Å². The van der Waals surface area contributed by atoms with Crippen molar-refractivity contribution in [2.75, 3.05) is 19.1 Å². The van der Waals surface area contributed by atoms with Crippen molar-refractivity contribution in [1.82, 2.24) is 4.98 Å². The zero-order valence-corrected chi connectivity index (χ0v) is 16.2. The van der Waals surface area contributed by atoms with Crippen LogP contribution in [0.1, 0.15) is 17.7 Å². The molecule has 9 nitrogen and oxygen atoms in total. The number of aliphatic imine (C=N–C) groups is 1. The van der Waals surface area contributed by atoms with E-state index in [-0.39, 0.29) is 29.9 Å². The summed E-state index contributed by atoms with van der Waals surface area (Å²) in [5.41, 5.74) is 1.08. The fourth-order valence-electron chi connectivity index (χ4n) is 2.87. The summed E-state index contributed by atoms with van der Waals surface area (Å²) in [6, 6.07) is 4.39. The minimum atomic E-state index is -3.32. The van der Waals surface area contributed by atoms with E-state index >= 15 is 0 Å². The van der Waals surface area contributed by atoms with E-state index in [2.05, 4.69) is 14.7 Å². The Morgan fingerprint density at radius 1 is 1.44 bits per heavy atom. The van der Waals surface area contributed by atoms with Crippen LogP contribution in [0.2, 0.25) is 0 Å². The van der Waals surface area contributed by atoms with Gasteiger partial charge in [-0.1, -0.05) is 0 Å². The SMILES string of the molecule is COC(=O)C[C@@H]1CSC(c2cc3cc(CS(C)(=O)=O)cc([N+](=O)[O-])c3[nH]2)=N1. The van der Waals surface area contributed by atoms with Crippen molar-refractivity contribution >= 4 is 49.2 Å². The lowest BCUT2D eigenvalue weighted by Crippen LogP contribution is -2.12. The van der Waals surface area contributed by atoms with Gasteiger partial charge in [0, 0.05) is 23.5 Å². The molecule has 1 aliphatic rings. The Bertz CT molecular complexity index is 1060. The van der Waals surface area contributed by atoms with Crippen molar-refractivity contribution < 1.29 is 22.9 Å². The lowest BCUT2D eigenvalue weighted by Gasteiger charge is -2.02. The predicted octanol–water partition coefficient (Wildman–Crippen LogP) is 2.05. The number of rotatable bonds is 6. The molecule has 0 radical (unpaired) electrons. The van der Waals surface area contributed by atoms with Crippen LogP contribution in [0.15, 0.2) is 23.2 Å². The molecule has 0 saturated heterocycles. The third kappa shape index (κ3) is 4.48. The van der Waals surface area contributed by atoms with Gasteiger partial charge in [0.2, 0.25) is 0 Å². The highest BCUT2D eigenvalue weighted by Crippen LogP contribution is 2.32. The van der Waals surface area contributed by atoms with Gasteiger partial charge in [0.15, 0.2) is 9.84 Å². The van der Waals surface area contributed by atoms with Gasteiger partial charge in [-0.3, -0.25) is 19.9 Å². The molecule has 3 rings (SSSR count). The number of ether oxygens (including phenoxy) is 1. The minimum Gasteiger partial charge on any atom is -0.469 e. The van der Waals surface area contributed by atoms with Crippen LogP contribution >= 0.6 is 11.8 Å². The average molecular weight is 411 g/mol. The Hall–Kier alpha value is -2.40. The smallest absolute Gasteiger partial charge is 0.307 e. The highest BCUT2D eigenvalue weighted by Gasteiger charge is 2.25. The van der Waals surface area contributed by atoms with Crippen LogP contribution < -0.4 is 0 Å². The number of methoxy groups -OCH3 is 1. The molecule has 1 N–H and O–H groups in total. The third-order valence-electron chi connectivity index (χ3n) is 3.97. The van der Waals surface area contributed by atoms with Gasteiger partial charge in [0.05, 0.1) is 35.9 Å². The van der Waals surface area contributed by atoms with Crippen LogP contribution in [-0.2, 0) is 25.1 Å². The zero-order valence-electron chi connectivity index (χ0n) is 14.6. The standard InChI is InChI=1S/C16H17N3O6S2/c1-25-14(20)6-11-7-26-16(17-11)12-5-10-3-9(8-27(2,23)24)4-13(19(21)22)15(10)18-12/h3-5,11,18H,6-8H2,1-2H3/t11-/m1/s1. The van der Waals surface area contributed by atoms with Crippen molar-refractivity contribution in [2.24, 2.45) is 4.99 Å². The number of fused-ring (bicyclic) bond motifs is 1. The first-order chi connectivity index (χ1) is 12.7. The maximum absolute atomic E-state index is 11.5. The molecule has 11 heteroatoms. The largest absolute Gasteiger partial charge is 0.469 e. The fraction of sp³-hybridized carbons (Fsp3) is 0.375. The quantitative estimate of drug-likeness (QED) is 0.437. The Morgan fingerprint density at radius 3 is 2.81 bits per heavy atom. The second-order valence-corrected chi connectivity index (χ2v) is 9.42. The molecule has 2 heterocycles. The van der Waals surface area contributed by atoms with E-state index in [9.17, 15) is 23.3 Å². The van der Waals surface area contributed by atoms with Gasteiger partial charge in [-0.05, 0) is 17.7 Å². The molecule has 0 fully saturated rings. The number of benzene rings is 1. The van der Waals surface area contributed by atoms with Gasteiger partial charge in [0.1, 0.15) is 10.6 Å². The van der Waals surface area contributed by atoms with Crippen LogP contribution in [0.5, 0.6) is 0 Å². The third-order valence-corrected chi connectivity index (χ3v) is 5.97. The Labute approximate surface area is 159 Å². The van der Waals surface area contributed by atoms with Gasteiger partial charge >= 0.3 is 5.97 Å². The van der Waals surface area contributed by atoms with E-state index in [0.717, 1.165) is 6.26 Å². The fourth-order valence-corrected chi connectivity index (χ4v) is 4.68. The average Bonchev–Trinajstić information content (AvgIpc) is 3.18. The number of H-pyrrole nitrogens is 1. The van der Waals surface area contributed by atoms with Gasteiger partial charge in [-0.25, -0.2) is 8.42 Å². The number of nitrogens with zero attached hydrogens (tertiary/aromatic N) is 2. The summed E-state index contributed by atoms with van der Waals surface area (Å²) in [4.78, 5) is 29.8. The highest BCUT2D eigenvalue weighted by molar-refractivity contribution is 8.14. The number of aromatic amines is 1. The summed E-state index contributed by atoms with van der Waals surface area (Å²) < 4.78 is 27.7. The van der Waals surface area contributed by atoms with Crippen molar-refractivity contribution in [3.63, 3.8) is 0 Å². The van der Waals surface area contributed by atoms with E-state index in [4.69, 9.17) is 0 Å². The molecule has 144 valence electrons. The number of esters is 1. The molecule has 0 saturated carbocycles. The second-order valence-electron chi connectivity index (χ2n) is 6.27. The second kappa shape index (κ2) is 7.31. The molecule has 1 aromatic heterocycles. The lowest BCUT2D eigenvalue weighted by molar-refractivity contribution is -0.383. The first-order valence-corrected chi connectivity index (χ1v) is 11.0. The van der Waals surface area contributed by atoms with Crippen LogP contribution in [0.3, 0.4) is 0 Å². The van der Waals surface area contributed by atoms with E-state index in [1.54, 1.807) is 12.1 Å². The molecule has 2 aromatic rings. The van der Waals surface area contributed by atoms with Gasteiger partial charge < -0.3 is 9.72 Å². The molecule has 1 aromatic carbocycles. The van der Waals surface area contributed by atoms with Crippen molar-refractivity contribution in [1.29, 1.82) is 0 Å². The molecule has 0 spiro atoms. The molecule has 0 bridgehead atoms. The number of aromatic nitrogens is 1. The molecule has 0 amide bonds. The monoisotopic (exact) mass is 411 g/mol. The Kier molecular flexibility index (Phi) is 5.24.